The minimum absolute atomic E-state index is 0.132. The van der Waals surface area contributed by atoms with E-state index in [0.29, 0.717) is 17.2 Å². The molecule has 3 aromatic rings. The molecule has 0 saturated heterocycles. The number of primary amides is 1. The third kappa shape index (κ3) is 4.59. The molecule has 2 aromatic carbocycles. The minimum atomic E-state index is -3.68. The van der Waals surface area contributed by atoms with Gasteiger partial charge in [0.15, 0.2) is 0 Å². The number of carbonyl (C=O) groups is 1. The fraction of sp³-hybridized carbons (Fsp3) is 0.0556. The van der Waals surface area contributed by atoms with Crippen LogP contribution in [0.3, 0.4) is 0 Å². The molecule has 3 rings (SSSR count). The fourth-order valence-corrected chi connectivity index (χ4v) is 2.58. The van der Waals surface area contributed by atoms with Crippen molar-refractivity contribution in [1.82, 2.24) is 9.97 Å². The second kappa shape index (κ2) is 7.42. The van der Waals surface area contributed by atoms with Crippen molar-refractivity contribution in [2.75, 3.05) is 6.26 Å². The number of ether oxygens (including phenoxy) is 2. The van der Waals surface area contributed by atoms with Gasteiger partial charge in [-0.25, -0.2) is 13.4 Å². The number of amides is 1. The van der Waals surface area contributed by atoms with E-state index in [0.717, 1.165) is 12.5 Å². The highest BCUT2D eigenvalue weighted by atomic mass is 32.2. The van der Waals surface area contributed by atoms with Gasteiger partial charge < -0.3 is 15.2 Å². The Morgan fingerprint density at radius 3 is 2.04 bits per heavy atom. The topological polar surface area (TPSA) is 121 Å². The predicted molar refractivity (Wildman–Crippen MR) is 96.7 cm³/mol. The number of hydrogen-bond acceptors (Lipinski definition) is 7. The van der Waals surface area contributed by atoms with Gasteiger partial charge in [0.25, 0.3) is 5.91 Å². The van der Waals surface area contributed by atoms with Crippen LogP contribution >= 0.6 is 0 Å². The largest absolute Gasteiger partial charge is 0.457 e. The summed E-state index contributed by atoms with van der Waals surface area (Å²) in [6, 6.07) is 15.7. The molecule has 1 heterocycles. The maximum absolute atomic E-state index is 11.6. The van der Waals surface area contributed by atoms with Gasteiger partial charge in [-0.05, 0) is 36.4 Å². The maximum Gasteiger partial charge on any atom is 0.255 e. The quantitative estimate of drug-likeness (QED) is 0.647. The maximum atomic E-state index is 11.6. The van der Waals surface area contributed by atoms with E-state index in [1.165, 1.54) is 0 Å². The van der Waals surface area contributed by atoms with E-state index < -0.39 is 20.9 Å². The molecule has 0 aliphatic carbocycles. The molecule has 9 heteroatoms. The second-order valence-electron chi connectivity index (χ2n) is 5.50. The molecule has 0 atom stereocenters. The Bertz CT molecular complexity index is 1070. The Morgan fingerprint density at radius 2 is 1.48 bits per heavy atom. The van der Waals surface area contributed by atoms with Crippen molar-refractivity contribution >= 4 is 15.7 Å². The molecule has 0 bridgehead atoms. The molecule has 27 heavy (non-hydrogen) atoms. The van der Waals surface area contributed by atoms with Crippen LogP contribution in [0.4, 0.5) is 0 Å². The zero-order valence-electron chi connectivity index (χ0n) is 14.2. The van der Waals surface area contributed by atoms with Gasteiger partial charge in [0.1, 0.15) is 22.8 Å². The van der Waals surface area contributed by atoms with Gasteiger partial charge in [-0.3, -0.25) is 4.79 Å². The highest BCUT2D eigenvalue weighted by Gasteiger charge is 2.19. The molecule has 1 amide bonds. The average molecular weight is 385 g/mol. The van der Waals surface area contributed by atoms with Gasteiger partial charge >= 0.3 is 0 Å². The van der Waals surface area contributed by atoms with Crippen molar-refractivity contribution < 1.29 is 22.7 Å². The van der Waals surface area contributed by atoms with Crippen molar-refractivity contribution in [1.29, 1.82) is 0 Å². The van der Waals surface area contributed by atoms with Gasteiger partial charge in [0.05, 0.1) is 0 Å². The molecule has 0 fully saturated rings. The third-order valence-corrected chi connectivity index (χ3v) is 4.21. The summed E-state index contributed by atoms with van der Waals surface area (Å²) in [5.41, 5.74) is 5.14. The summed E-state index contributed by atoms with van der Waals surface area (Å²) in [6.45, 7) is 0. The molecule has 0 aliphatic rings. The third-order valence-electron chi connectivity index (χ3n) is 3.35. The highest BCUT2D eigenvalue weighted by Crippen LogP contribution is 2.27. The van der Waals surface area contributed by atoms with Crippen molar-refractivity contribution in [2.45, 2.75) is 5.16 Å². The van der Waals surface area contributed by atoms with E-state index >= 15 is 0 Å². The number of rotatable bonds is 6. The van der Waals surface area contributed by atoms with Crippen LogP contribution < -0.4 is 15.2 Å². The lowest BCUT2D eigenvalue weighted by atomic mass is 10.3. The molecule has 0 spiro atoms. The Balaban J connectivity index is 1.85. The van der Waals surface area contributed by atoms with Crippen LogP contribution in [-0.4, -0.2) is 30.5 Å². The van der Waals surface area contributed by atoms with E-state index in [2.05, 4.69) is 9.97 Å². The normalized spacial score (nSPS) is 11.0. The Morgan fingerprint density at radius 1 is 0.926 bits per heavy atom. The lowest BCUT2D eigenvalue weighted by Gasteiger charge is -2.10. The average Bonchev–Trinajstić information content (AvgIpc) is 2.63. The van der Waals surface area contributed by atoms with Crippen LogP contribution in [0.5, 0.6) is 23.1 Å². The molecule has 0 saturated carbocycles. The Kier molecular flexibility index (Phi) is 5.04. The van der Waals surface area contributed by atoms with E-state index in [4.69, 9.17) is 15.2 Å². The molecule has 2 N–H and O–H groups in total. The van der Waals surface area contributed by atoms with Crippen molar-refractivity contribution in [3.05, 3.63) is 66.4 Å². The van der Waals surface area contributed by atoms with E-state index in [1.54, 1.807) is 24.3 Å². The monoisotopic (exact) mass is 385 g/mol. The zero-order chi connectivity index (χ0) is 19.4. The Hall–Kier alpha value is -3.46. The summed E-state index contributed by atoms with van der Waals surface area (Å²) >= 11 is 0. The Labute approximate surface area is 155 Å². The number of sulfone groups is 1. The predicted octanol–water partition coefficient (Wildman–Crippen LogP) is 2.56. The number of para-hydroxylation sites is 1. The SMILES string of the molecule is CS(=O)(=O)c1ncc(C(N)=O)c(Oc2ccc(Oc3ccccc3)cc2)n1. The standard InChI is InChI=1S/C18H15N3O5S/c1-27(23,24)18-20-11-15(16(19)22)17(21-18)26-14-9-7-13(8-10-14)25-12-5-3-2-4-6-12/h2-11H,1H3,(H2,19,22). The smallest absolute Gasteiger partial charge is 0.255 e. The number of hydrogen-bond donors (Lipinski definition) is 1. The van der Waals surface area contributed by atoms with E-state index in [-0.39, 0.29) is 11.4 Å². The number of nitrogens with two attached hydrogens (primary N) is 1. The number of aromatic nitrogens is 2. The summed E-state index contributed by atoms with van der Waals surface area (Å²) in [5.74, 6) is 0.485. The number of carbonyl (C=O) groups excluding carboxylic acids is 1. The lowest BCUT2D eigenvalue weighted by molar-refractivity contribution is 0.0996. The van der Waals surface area contributed by atoms with E-state index in [9.17, 15) is 13.2 Å². The van der Waals surface area contributed by atoms with E-state index in [1.807, 2.05) is 30.3 Å². The van der Waals surface area contributed by atoms with Crippen molar-refractivity contribution in [2.24, 2.45) is 5.73 Å². The molecular formula is C18H15N3O5S. The molecule has 138 valence electrons. The van der Waals surface area contributed by atoms with Gasteiger partial charge in [0, 0.05) is 12.5 Å². The van der Waals surface area contributed by atoms with Crippen LogP contribution in [0.25, 0.3) is 0 Å². The zero-order valence-corrected chi connectivity index (χ0v) is 15.0. The molecule has 1 aromatic heterocycles. The van der Waals surface area contributed by atoms with Crippen LogP contribution in [0.2, 0.25) is 0 Å². The summed E-state index contributed by atoms with van der Waals surface area (Å²) < 4.78 is 34.5. The number of nitrogens with zero attached hydrogens (tertiary/aromatic N) is 2. The fourth-order valence-electron chi connectivity index (χ4n) is 2.09. The summed E-state index contributed by atoms with van der Waals surface area (Å²) in [4.78, 5) is 19.0. The van der Waals surface area contributed by atoms with Crippen LogP contribution in [0, 0.1) is 0 Å². The van der Waals surface area contributed by atoms with Crippen LogP contribution in [0.15, 0.2) is 66.0 Å². The molecule has 0 radical (unpaired) electrons. The lowest BCUT2D eigenvalue weighted by Crippen LogP contribution is -2.15. The molecule has 8 nitrogen and oxygen atoms in total. The molecule has 0 unspecified atom stereocenters. The molecular weight excluding hydrogens is 370 g/mol. The van der Waals surface area contributed by atoms with Gasteiger partial charge in [-0.2, -0.15) is 4.98 Å². The first-order valence-electron chi connectivity index (χ1n) is 7.70. The first-order chi connectivity index (χ1) is 12.8. The molecule has 0 aliphatic heterocycles. The van der Waals surface area contributed by atoms with Crippen LogP contribution in [-0.2, 0) is 9.84 Å². The minimum Gasteiger partial charge on any atom is -0.457 e. The second-order valence-corrected chi connectivity index (χ2v) is 7.41. The summed E-state index contributed by atoms with van der Waals surface area (Å²) in [7, 11) is -3.68. The first kappa shape index (κ1) is 18.3. The van der Waals surface area contributed by atoms with Crippen LogP contribution in [0.1, 0.15) is 10.4 Å². The van der Waals surface area contributed by atoms with Gasteiger partial charge in [0.2, 0.25) is 20.9 Å². The summed E-state index contributed by atoms with van der Waals surface area (Å²) in [5, 5.41) is -0.466. The van der Waals surface area contributed by atoms with Gasteiger partial charge in [-0.1, -0.05) is 18.2 Å². The summed E-state index contributed by atoms with van der Waals surface area (Å²) in [6.07, 6.45) is 1.97. The van der Waals surface area contributed by atoms with Crippen molar-refractivity contribution in [3.8, 4) is 23.1 Å². The number of benzene rings is 2. The van der Waals surface area contributed by atoms with Gasteiger partial charge in [-0.15, -0.1) is 0 Å². The first-order valence-corrected chi connectivity index (χ1v) is 9.60. The highest BCUT2D eigenvalue weighted by molar-refractivity contribution is 7.90. The van der Waals surface area contributed by atoms with Crippen molar-refractivity contribution in [3.63, 3.8) is 0 Å².